The number of hydrogen-bond donors (Lipinski definition) is 2. The fourth-order valence-corrected chi connectivity index (χ4v) is 2.40. The normalized spacial score (nSPS) is 14.1. The number of unbranched alkanes of at least 4 members (excludes halogenated alkanes) is 3. The highest BCUT2D eigenvalue weighted by molar-refractivity contribution is 6.24. The molecule has 0 aliphatic heterocycles. The van der Waals surface area contributed by atoms with Gasteiger partial charge in [-0.3, -0.25) is 0 Å². The van der Waals surface area contributed by atoms with Gasteiger partial charge >= 0.3 is 0 Å². The lowest BCUT2D eigenvalue weighted by molar-refractivity contribution is 0.193. The maximum Gasteiger partial charge on any atom is 0.0515 e. The molecule has 0 aliphatic rings. The highest BCUT2D eigenvalue weighted by atomic mass is 35.5. The molecule has 2 nitrogen and oxygen atoms in total. The second kappa shape index (κ2) is 9.26. The summed E-state index contributed by atoms with van der Waals surface area (Å²) in [6.07, 6.45) is 7.21. The molecule has 0 aromatic rings. The highest BCUT2D eigenvalue weighted by Crippen LogP contribution is 2.35. The monoisotopic (exact) mass is 250 g/mol. The topological polar surface area (TPSA) is 40.5 Å². The molecule has 0 bridgehead atoms. The van der Waals surface area contributed by atoms with Crippen molar-refractivity contribution in [2.24, 2.45) is 5.92 Å². The van der Waals surface area contributed by atoms with Gasteiger partial charge in [0.15, 0.2) is 0 Å². The zero-order valence-corrected chi connectivity index (χ0v) is 11.5. The van der Waals surface area contributed by atoms with E-state index in [0.29, 0.717) is 18.8 Å². The van der Waals surface area contributed by atoms with E-state index < -0.39 is 4.87 Å². The quantitative estimate of drug-likeness (QED) is 0.461. The first-order valence-corrected chi connectivity index (χ1v) is 6.89. The lowest BCUT2D eigenvalue weighted by Gasteiger charge is -2.32. The van der Waals surface area contributed by atoms with Crippen LogP contribution in [-0.4, -0.2) is 28.3 Å². The minimum absolute atomic E-state index is 0.100. The Balaban J connectivity index is 4.00. The lowest BCUT2D eigenvalue weighted by Crippen LogP contribution is -2.32. The molecule has 0 amide bonds. The summed E-state index contributed by atoms with van der Waals surface area (Å²) in [6, 6.07) is 0. The lowest BCUT2D eigenvalue weighted by atomic mass is 9.84. The summed E-state index contributed by atoms with van der Waals surface area (Å²) in [7, 11) is 0. The summed E-state index contributed by atoms with van der Waals surface area (Å²) in [5.74, 6) is 0.352. The summed E-state index contributed by atoms with van der Waals surface area (Å²) < 4.78 is 0. The van der Waals surface area contributed by atoms with E-state index in [0.717, 1.165) is 6.42 Å². The van der Waals surface area contributed by atoms with Gasteiger partial charge in [-0.1, -0.05) is 39.5 Å². The third kappa shape index (κ3) is 6.07. The average molecular weight is 251 g/mol. The minimum Gasteiger partial charge on any atom is -0.396 e. The second-order valence-electron chi connectivity index (χ2n) is 4.73. The Morgan fingerprint density at radius 1 is 1.06 bits per heavy atom. The minimum atomic E-state index is -0.421. The maximum atomic E-state index is 9.02. The van der Waals surface area contributed by atoms with E-state index in [1.165, 1.54) is 25.7 Å². The second-order valence-corrected chi connectivity index (χ2v) is 5.48. The van der Waals surface area contributed by atoms with Crippen LogP contribution in [-0.2, 0) is 0 Å². The molecule has 0 fully saturated rings. The first-order valence-electron chi connectivity index (χ1n) is 6.51. The summed E-state index contributed by atoms with van der Waals surface area (Å²) in [5, 5.41) is 18.0. The molecule has 3 heteroatoms. The van der Waals surface area contributed by atoms with Gasteiger partial charge in [-0.05, 0) is 25.2 Å². The molecule has 0 spiro atoms. The van der Waals surface area contributed by atoms with E-state index in [2.05, 4.69) is 13.8 Å². The Kier molecular flexibility index (Phi) is 9.38. The van der Waals surface area contributed by atoms with Crippen molar-refractivity contribution < 1.29 is 10.2 Å². The Bertz CT molecular complexity index is 156. The van der Waals surface area contributed by atoms with Gasteiger partial charge in [0.25, 0.3) is 0 Å². The van der Waals surface area contributed by atoms with Crippen molar-refractivity contribution in [3.05, 3.63) is 0 Å². The van der Waals surface area contributed by atoms with Crippen LogP contribution < -0.4 is 0 Å². The first kappa shape index (κ1) is 16.2. The molecule has 0 heterocycles. The van der Waals surface area contributed by atoms with Crippen LogP contribution in [0.3, 0.4) is 0 Å². The summed E-state index contributed by atoms with van der Waals surface area (Å²) in [4.78, 5) is -0.421. The number of rotatable bonds is 10. The van der Waals surface area contributed by atoms with Gasteiger partial charge in [-0.15, -0.1) is 11.6 Å². The van der Waals surface area contributed by atoms with Crippen LogP contribution in [0, 0.1) is 5.92 Å². The van der Waals surface area contributed by atoms with Crippen molar-refractivity contribution in [3.63, 3.8) is 0 Å². The van der Waals surface area contributed by atoms with E-state index in [1.54, 1.807) is 0 Å². The molecule has 16 heavy (non-hydrogen) atoms. The van der Waals surface area contributed by atoms with Gasteiger partial charge < -0.3 is 10.2 Å². The molecular weight excluding hydrogens is 224 g/mol. The first-order chi connectivity index (χ1) is 7.60. The van der Waals surface area contributed by atoms with Gasteiger partial charge in [0.2, 0.25) is 0 Å². The van der Waals surface area contributed by atoms with Crippen molar-refractivity contribution in [2.75, 3.05) is 13.2 Å². The van der Waals surface area contributed by atoms with Crippen LogP contribution in [0.25, 0.3) is 0 Å². The van der Waals surface area contributed by atoms with Crippen molar-refractivity contribution >= 4 is 11.6 Å². The highest BCUT2D eigenvalue weighted by Gasteiger charge is 2.32. The molecular formula is C13H27ClO2. The van der Waals surface area contributed by atoms with Crippen molar-refractivity contribution in [2.45, 2.75) is 63.7 Å². The average Bonchev–Trinajstić information content (AvgIpc) is 2.24. The van der Waals surface area contributed by atoms with Crippen LogP contribution in [0.15, 0.2) is 0 Å². The van der Waals surface area contributed by atoms with Crippen LogP contribution >= 0.6 is 11.6 Å². The maximum absolute atomic E-state index is 9.02. The number of hydrogen-bond acceptors (Lipinski definition) is 2. The van der Waals surface area contributed by atoms with Crippen LogP contribution in [0.4, 0.5) is 0 Å². The Morgan fingerprint density at radius 2 is 1.62 bits per heavy atom. The largest absolute Gasteiger partial charge is 0.396 e. The van der Waals surface area contributed by atoms with E-state index in [-0.39, 0.29) is 13.2 Å². The molecule has 0 aromatic carbocycles. The number of aliphatic hydroxyl groups excluding tert-OH is 2. The third-order valence-electron chi connectivity index (χ3n) is 3.43. The molecule has 0 aliphatic carbocycles. The van der Waals surface area contributed by atoms with Crippen LogP contribution in [0.2, 0.25) is 0 Å². The van der Waals surface area contributed by atoms with E-state index >= 15 is 0 Å². The zero-order valence-electron chi connectivity index (χ0n) is 10.7. The summed E-state index contributed by atoms with van der Waals surface area (Å²) in [6.45, 7) is 4.53. The van der Waals surface area contributed by atoms with Crippen molar-refractivity contribution in [1.29, 1.82) is 0 Å². The molecule has 0 rings (SSSR count). The van der Waals surface area contributed by atoms with Crippen molar-refractivity contribution in [1.82, 2.24) is 0 Å². The predicted molar refractivity (Wildman–Crippen MR) is 69.9 cm³/mol. The number of aliphatic hydroxyl groups is 2. The van der Waals surface area contributed by atoms with E-state index in [4.69, 9.17) is 21.8 Å². The molecule has 0 saturated heterocycles. The van der Waals surface area contributed by atoms with E-state index in [9.17, 15) is 0 Å². The molecule has 0 saturated carbocycles. The fourth-order valence-electron chi connectivity index (χ4n) is 2.13. The van der Waals surface area contributed by atoms with Gasteiger partial charge in [0.05, 0.1) is 4.87 Å². The van der Waals surface area contributed by atoms with E-state index in [1.807, 2.05) is 0 Å². The Hall–Kier alpha value is 0.210. The fraction of sp³-hybridized carbons (Fsp3) is 1.00. The smallest absolute Gasteiger partial charge is 0.0515 e. The Morgan fingerprint density at radius 3 is 2.06 bits per heavy atom. The summed E-state index contributed by atoms with van der Waals surface area (Å²) >= 11 is 6.48. The SMILES string of the molecule is CCCCCCC(C)C(Cl)(CCO)CCO. The molecule has 1 atom stereocenters. The van der Waals surface area contributed by atoms with Crippen LogP contribution in [0.1, 0.15) is 58.8 Å². The Labute approximate surface area is 105 Å². The van der Waals surface area contributed by atoms with Gasteiger partial charge in [0.1, 0.15) is 0 Å². The van der Waals surface area contributed by atoms with Gasteiger partial charge in [-0.25, -0.2) is 0 Å². The number of alkyl halides is 1. The standard InChI is InChI=1S/C13H27ClO2/c1-3-4-5-6-7-12(2)13(14,8-10-15)9-11-16/h12,15-16H,3-11H2,1-2H3. The number of halogens is 1. The van der Waals surface area contributed by atoms with Crippen LogP contribution in [0.5, 0.6) is 0 Å². The molecule has 1 unspecified atom stereocenters. The van der Waals surface area contributed by atoms with Crippen molar-refractivity contribution in [3.8, 4) is 0 Å². The molecule has 0 aromatic heterocycles. The third-order valence-corrected chi connectivity index (χ3v) is 4.18. The molecule has 0 radical (unpaired) electrons. The van der Waals surface area contributed by atoms with Gasteiger partial charge in [0, 0.05) is 13.2 Å². The predicted octanol–water partition coefficient (Wildman–Crippen LogP) is 3.34. The summed E-state index contributed by atoms with van der Waals surface area (Å²) in [5.41, 5.74) is 0. The zero-order chi connectivity index (χ0) is 12.4. The molecule has 2 N–H and O–H groups in total. The van der Waals surface area contributed by atoms with Gasteiger partial charge in [-0.2, -0.15) is 0 Å². The molecule has 98 valence electrons.